The number of rotatable bonds is 9. The number of guanidine groups is 1. The highest BCUT2D eigenvalue weighted by Gasteiger charge is 2.08. The van der Waals surface area contributed by atoms with E-state index >= 15 is 0 Å². The lowest BCUT2D eigenvalue weighted by atomic mass is 10.1. The lowest BCUT2D eigenvalue weighted by Crippen LogP contribution is -2.37. The molecule has 0 saturated heterocycles. The summed E-state index contributed by atoms with van der Waals surface area (Å²) in [6, 6.07) is 2.60. The minimum atomic E-state index is 0.383. The molecule has 0 aliphatic carbocycles. The minimum Gasteiger partial charge on any atom is -0.359 e. The van der Waals surface area contributed by atoms with Crippen LogP contribution in [0.2, 0.25) is 0 Å². The van der Waals surface area contributed by atoms with Gasteiger partial charge in [-0.05, 0) is 46.2 Å². The highest BCUT2D eigenvalue weighted by atomic mass is 16.5. The van der Waals surface area contributed by atoms with Crippen molar-refractivity contribution >= 4 is 5.96 Å². The maximum absolute atomic E-state index is 5.31. The highest BCUT2D eigenvalue weighted by Crippen LogP contribution is 2.13. The smallest absolute Gasteiger partial charge is 0.191 e. The van der Waals surface area contributed by atoms with Gasteiger partial charge < -0.3 is 20.1 Å². The average molecular weight is 323 g/mol. The molecule has 132 valence electrons. The zero-order chi connectivity index (χ0) is 17.2. The Kier molecular flexibility index (Phi) is 8.69. The van der Waals surface area contributed by atoms with Gasteiger partial charge >= 0.3 is 0 Å². The molecular formula is C17H33N5O. The van der Waals surface area contributed by atoms with Crippen molar-refractivity contribution in [3.63, 3.8) is 0 Å². The predicted octanol–water partition coefficient (Wildman–Crippen LogP) is 2.58. The van der Waals surface area contributed by atoms with E-state index in [1.165, 1.54) is 6.42 Å². The molecule has 0 aromatic carbocycles. The van der Waals surface area contributed by atoms with E-state index in [1.54, 1.807) is 7.05 Å². The van der Waals surface area contributed by atoms with E-state index in [0.717, 1.165) is 36.9 Å². The summed E-state index contributed by atoms with van der Waals surface area (Å²) in [5.74, 6) is 2.01. The summed E-state index contributed by atoms with van der Waals surface area (Å²) >= 11 is 0. The van der Waals surface area contributed by atoms with Crippen LogP contribution in [0.1, 0.15) is 57.9 Å². The summed E-state index contributed by atoms with van der Waals surface area (Å²) in [5.41, 5.74) is 0.985. The zero-order valence-corrected chi connectivity index (χ0v) is 15.5. The van der Waals surface area contributed by atoms with E-state index in [9.17, 15) is 0 Å². The molecular weight excluding hydrogens is 290 g/mol. The van der Waals surface area contributed by atoms with E-state index in [4.69, 9.17) is 4.52 Å². The van der Waals surface area contributed by atoms with Crippen molar-refractivity contribution in [2.24, 2.45) is 4.99 Å². The van der Waals surface area contributed by atoms with Crippen LogP contribution in [-0.4, -0.2) is 49.2 Å². The van der Waals surface area contributed by atoms with E-state index in [-0.39, 0.29) is 0 Å². The monoisotopic (exact) mass is 323 g/mol. The zero-order valence-electron chi connectivity index (χ0n) is 15.5. The molecule has 0 unspecified atom stereocenters. The molecule has 1 aromatic rings. The van der Waals surface area contributed by atoms with Crippen LogP contribution in [0.4, 0.5) is 0 Å². The summed E-state index contributed by atoms with van der Waals surface area (Å²) in [6.07, 6.45) is 2.30. The quantitative estimate of drug-likeness (QED) is 0.415. The first-order valence-corrected chi connectivity index (χ1v) is 8.54. The number of aromatic nitrogens is 1. The third kappa shape index (κ3) is 7.50. The molecule has 0 fully saturated rings. The molecule has 0 aliphatic heterocycles. The van der Waals surface area contributed by atoms with Crippen LogP contribution in [0.3, 0.4) is 0 Å². The van der Waals surface area contributed by atoms with Gasteiger partial charge in [-0.1, -0.05) is 19.0 Å². The van der Waals surface area contributed by atoms with Crippen LogP contribution in [0.25, 0.3) is 0 Å². The van der Waals surface area contributed by atoms with Gasteiger partial charge in [-0.3, -0.25) is 4.99 Å². The standard InChI is InChI=1S/C17H33N5O/c1-13(2)16-11-15(23-21-16)12-20-17(18-5)19-9-7-8-10-22(6)14(3)4/h11,13-14H,7-10,12H2,1-6H3,(H2,18,19,20). The maximum Gasteiger partial charge on any atom is 0.191 e. The maximum atomic E-state index is 5.31. The first-order valence-electron chi connectivity index (χ1n) is 8.54. The Morgan fingerprint density at radius 3 is 2.57 bits per heavy atom. The molecule has 0 bridgehead atoms. The van der Waals surface area contributed by atoms with E-state index in [2.05, 4.69) is 60.4 Å². The van der Waals surface area contributed by atoms with Crippen molar-refractivity contribution in [3.8, 4) is 0 Å². The van der Waals surface area contributed by atoms with Gasteiger partial charge in [0.15, 0.2) is 11.7 Å². The lowest BCUT2D eigenvalue weighted by molar-refractivity contribution is 0.268. The number of aliphatic imine (C=N–C) groups is 1. The van der Waals surface area contributed by atoms with Gasteiger partial charge in [-0.2, -0.15) is 0 Å². The Labute approximate surface area is 140 Å². The number of nitrogens with zero attached hydrogens (tertiary/aromatic N) is 3. The Morgan fingerprint density at radius 2 is 2.00 bits per heavy atom. The van der Waals surface area contributed by atoms with Crippen molar-refractivity contribution < 1.29 is 4.52 Å². The van der Waals surface area contributed by atoms with E-state index in [0.29, 0.717) is 18.5 Å². The first-order chi connectivity index (χ1) is 10.9. The van der Waals surface area contributed by atoms with Gasteiger partial charge in [0, 0.05) is 25.7 Å². The second kappa shape index (κ2) is 10.3. The molecule has 0 saturated carbocycles. The van der Waals surface area contributed by atoms with Crippen LogP contribution >= 0.6 is 0 Å². The Bertz CT molecular complexity index is 467. The molecule has 6 heteroatoms. The van der Waals surface area contributed by atoms with E-state index < -0.39 is 0 Å². The number of hydrogen-bond donors (Lipinski definition) is 2. The normalized spacial score (nSPS) is 12.5. The van der Waals surface area contributed by atoms with Crippen molar-refractivity contribution in [3.05, 3.63) is 17.5 Å². The lowest BCUT2D eigenvalue weighted by Gasteiger charge is -2.20. The predicted molar refractivity (Wildman–Crippen MR) is 95.8 cm³/mol. The van der Waals surface area contributed by atoms with Crippen molar-refractivity contribution in [2.45, 2.75) is 59.0 Å². The molecule has 0 aliphatic rings. The van der Waals surface area contributed by atoms with Gasteiger partial charge in [0.1, 0.15) is 0 Å². The Hall–Kier alpha value is -1.56. The first kappa shape index (κ1) is 19.5. The highest BCUT2D eigenvalue weighted by molar-refractivity contribution is 5.79. The van der Waals surface area contributed by atoms with Gasteiger partial charge in [0.25, 0.3) is 0 Å². The van der Waals surface area contributed by atoms with Crippen molar-refractivity contribution in [1.29, 1.82) is 0 Å². The summed E-state index contributed by atoms with van der Waals surface area (Å²) in [7, 11) is 3.95. The van der Waals surface area contributed by atoms with Crippen LogP contribution in [-0.2, 0) is 6.54 Å². The fourth-order valence-electron chi connectivity index (χ4n) is 2.03. The van der Waals surface area contributed by atoms with Crippen LogP contribution in [0.15, 0.2) is 15.6 Å². The molecule has 0 atom stereocenters. The SMILES string of the molecule is CN=C(NCCCCN(C)C(C)C)NCc1cc(C(C)C)no1. The molecule has 1 aromatic heterocycles. The molecule has 0 radical (unpaired) electrons. The van der Waals surface area contributed by atoms with Gasteiger partial charge in [-0.25, -0.2) is 0 Å². The summed E-state index contributed by atoms with van der Waals surface area (Å²) in [6.45, 7) is 11.3. The largest absolute Gasteiger partial charge is 0.359 e. The van der Waals surface area contributed by atoms with E-state index in [1.807, 2.05) is 6.07 Å². The fraction of sp³-hybridized carbons (Fsp3) is 0.765. The number of unbranched alkanes of at least 4 members (excludes halogenated alkanes) is 1. The Balaban J connectivity index is 2.21. The Morgan fingerprint density at radius 1 is 1.26 bits per heavy atom. The molecule has 0 spiro atoms. The van der Waals surface area contributed by atoms with Crippen molar-refractivity contribution in [1.82, 2.24) is 20.7 Å². The average Bonchev–Trinajstić information content (AvgIpc) is 2.98. The molecule has 6 nitrogen and oxygen atoms in total. The third-order valence-electron chi connectivity index (χ3n) is 3.93. The number of nitrogens with one attached hydrogen (secondary N) is 2. The topological polar surface area (TPSA) is 65.7 Å². The minimum absolute atomic E-state index is 0.383. The molecule has 23 heavy (non-hydrogen) atoms. The van der Waals surface area contributed by atoms with Gasteiger partial charge in [-0.15, -0.1) is 0 Å². The van der Waals surface area contributed by atoms with Crippen molar-refractivity contribution in [2.75, 3.05) is 27.2 Å². The van der Waals surface area contributed by atoms with Crippen LogP contribution in [0, 0.1) is 0 Å². The molecule has 1 heterocycles. The second-order valence-electron chi connectivity index (χ2n) is 6.51. The second-order valence-corrected chi connectivity index (χ2v) is 6.51. The fourth-order valence-corrected chi connectivity index (χ4v) is 2.03. The summed E-state index contributed by atoms with van der Waals surface area (Å²) < 4.78 is 5.31. The number of hydrogen-bond acceptors (Lipinski definition) is 4. The van der Waals surface area contributed by atoms with Crippen LogP contribution < -0.4 is 10.6 Å². The van der Waals surface area contributed by atoms with Gasteiger partial charge in [0.2, 0.25) is 0 Å². The van der Waals surface area contributed by atoms with Gasteiger partial charge in [0.05, 0.1) is 12.2 Å². The van der Waals surface area contributed by atoms with Crippen LogP contribution in [0.5, 0.6) is 0 Å². The third-order valence-corrected chi connectivity index (χ3v) is 3.93. The molecule has 2 N–H and O–H groups in total. The summed E-state index contributed by atoms with van der Waals surface area (Å²) in [5, 5.41) is 10.6. The molecule has 0 amide bonds. The summed E-state index contributed by atoms with van der Waals surface area (Å²) in [4.78, 5) is 6.59. The molecule has 1 rings (SSSR count).